The van der Waals surface area contributed by atoms with Crippen LogP contribution in [0.1, 0.15) is 6.92 Å². The summed E-state index contributed by atoms with van der Waals surface area (Å²) in [7, 11) is -3.84. The lowest BCUT2D eigenvalue weighted by Crippen LogP contribution is -2.33. The van der Waals surface area contributed by atoms with E-state index in [2.05, 4.69) is 4.74 Å². The summed E-state index contributed by atoms with van der Waals surface area (Å²) in [6, 6.07) is 3.90. The zero-order valence-corrected chi connectivity index (χ0v) is 11.4. The molecule has 0 fully saturated rings. The van der Waals surface area contributed by atoms with Crippen LogP contribution in [0.4, 0.5) is 13.2 Å². The molecule has 0 atom stereocenters. The van der Waals surface area contributed by atoms with Crippen LogP contribution in [0.15, 0.2) is 29.2 Å². The highest BCUT2D eigenvalue weighted by Crippen LogP contribution is 2.24. The molecule has 1 N–H and O–H groups in total. The number of ether oxygens (including phenoxy) is 1. The first kappa shape index (κ1) is 16.7. The van der Waals surface area contributed by atoms with Crippen LogP contribution in [0, 0.1) is 0 Å². The Kier molecular flexibility index (Phi) is 5.37. The van der Waals surface area contributed by atoms with Gasteiger partial charge in [0, 0.05) is 13.1 Å². The largest absolute Gasteiger partial charge is 0.573 e. The minimum absolute atomic E-state index is 0.0837. The van der Waals surface area contributed by atoms with E-state index in [1.54, 1.807) is 6.92 Å². The predicted octanol–water partition coefficient (Wildman–Crippen LogP) is 1.59. The van der Waals surface area contributed by atoms with Crippen molar-refractivity contribution in [3.63, 3.8) is 0 Å². The van der Waals surface area contributed by atoms with Gasteiger partial charge in [0.25, 0.3) is 0 Å². The zero-order chi connectivity index (χ0) is 15.4. The number of halogens is 3. The van der Waals surface area contributed by atoms with Crippen LogP contribution in [0.25, 0.3) is 0 Å². The zero-order valence-electron chi connectivity index (χ0n) is 10.6. The molecule has 0 aliphatic rings. The van der Waals surface area contributed by atoms with Crippen molar-refractivity contribution in [1.29, 1.82) is 0 Å². The van der Waals surface area contributed by atoms with E-state index in [0.717, 1.165) is 28.6 Å². The molecule has 0 spiro atoms. The lowest BCUT2D eigenvalue weighted by Gasteiger charge is -2.19. The Bertz CT molecular complexity index is 528. The minimum atomic E-state index is -4.83. The van der Waals surface area contributed by atoms with Crippen LogP contribution in [-0.4, -0.2) is 43.9 Å². The normalized spacial score (nSPS) is 12.7. The Morgan fingerprint density at radius 1 is 1.25 bits per heavy atom. The molecular formula is C11H14F3NO4S. The number of nitrogens with zero attached hydrogens (tertiary/aromatic N) is 1. The Morgan fingerprint density at radius 2 is 1.80 bits per heavy atom. The van der Waals surface area contributed by atoms with Crippen LogP contribution in [0.2, 0.25) is 0 Å². The molecule has 0 saturated carbocycles. The van der Waals surface area contributed by atoms with E-state index in [9.17, 15) is 21.6 Å². The second-order valence-electron chi connectivity index (χ2n) is 3.74. The topological polar surface area (TPSA) is 66.8 Å². The van der Waals surface area contributed by atoms with Gasteiger partial charge in [-0.15, -0.1) is 13.2 Å². The molecule has 0 unspecified atom stereocenters. The predicted molar refractivity (Wildman–Crippen MR) is 64.6 cm³/mol. The number of aliphatic hydroxyl groups is 1. The Morgan fingerprint density at radius 3 is 2.20 bits per heavy atom. The molecule has 9 heteroatoms. The molecule has 0 amide bonds. The van der Waals surface area contributed by atoms with Gasteiger partial charge in [-0.3, -0.25) is 0 Å². The SMILES string of the molecule is CCN(CCO)S(=O)(=O)c1ccc(OC(F)(F)F)cc1. The molecule has 5 nitrogen and oxygen atoms in total. The van der Waals surface area contributed by atoms with Gasteiger partial charge in [0.2, 0.25) is 10.0 Å². The summed E-state index contributed by atoms with van der Waals surface area (Å²) in [5, 5.41) is 8.80. The molecule has 0 saturated heterocycles. The van der Waals surface area contributed by atoms with E-state index in [4.69, 9.17) is 5.11 Å². The minimum Gasteiger partial charge on any atom is -0.406 e. The highest BCUT2D eigenvalue weighted by atomic mass is 32.2. The highest BCUT2D eigenvalue weighted by Gasteiger charge is 2.31. The first-order valence-electron chi connectivity index (χ1n) is 5.67. The van der Waals surface area contributed by atoms with Gasteiger partial charge in [-0.25, -0.2) is 8.42 Å². The number of rotatable bonds is 6. The molecule has 1 aromatic carbocycles. The maximum atomic E-state index is 12.1. The molecule has 0 bridgehead atoms. The van der Waals surface area contributed by atoms with Crippen molar-refractivity contribution in [3.8, 4) is 5.75 Å². The van der Waals surface area contributed by atoms with Gasteiger partial charge in [0.15, 0.2) is 0 Å². The third-order valence-corrected chi connectivity index (χ3v) is 4.39. The number of aliphatic hydroxyl groups excluding tert-OH is 1. The van der Waals surface area contributed by atoms with E-state index in [0.29, 0.717) is 0 Å². The first-order chi connectivity index (χ1) is 9.20. The van der Waals surface area contributed by atoms with Crippen LogP contribution < -0.4 is 4.74 Å². The van der Waals surface area contributed by atoms with Gasteiger partial charge in [-0.1, -0.05) is 6.92 Å². The lowest BCUT2D eigenvalue weighted by molar-refractivity contribution is -0.274. The maximum Gasteiger partial charge on any atom is 0.573 e. The highest BCUT2D eigenvalue weighted by molar-refractivity contribution is 7.89. The Hall–Kier alpha value is -1.32. The first-order valence-corrected chi connectivity index (χ1v) is 7.11. The molecule has 0 radical (unpaired) electrons. The van der Waals surface area contributed by atoms with E-state index >= 15 is 0 Å². The van der Waals surface area contributed by atoms with Crippen LogP contribution in [0.3, 0.4) is 0 Å². The number of alkyl halides is 3. The van der Waals surface area contributed by atoms with Crippen molar-refractivity contribution in [3.05, 3.63) is 24.3 Å². The van der Waals surface area contributed by atoms with Gasteiger partial charge < -0.3 is 9.84 Å². The number of hydrogen-bond donors (Lipinski definition) is 1. The summed E-state index contributed by atoms with van der Waals surface area (Å²) < 4.78 is 64.8. The van der Waals surface area contributed by atoms with E-state index in [1.807, 2.05) is 0 Å². The van der Waals surface area contributed by atoms with Crippen LogP contribution in [0.5, 0.6) is 5.75 Å². The Labute approximate surface area is 114 Å². The molecule has 0 aliphatic heterocycles. The van der Waals surface area contributed by atoms with Crippen molar-refractivity contribution >= 4 is 10.0 Å². The molecular weight excluding hydrogens is 299 g/mol. The van der Waals surface area contributed by atoms with Crippen molar-refractivity contribution in [2.45, 2.75) is 18.2 Å². The summed E-state index contributed by atoms with van der Waals surface area (Å²) >= 11 is 0. The van der Waals surface area contributed by atoms with Crippen molar-refractivity contribution in [2.75, 3.05) is 19.7 Å². The summed E-state index contributed by atoms with van der Waals surface area (Å²) in [5.41, 5.74) is 0. The van der Waals surface area contributed by atoms with Crippen molar-refractivity contribution in [1.82, 2.24) is 4.31 Å². The monoisotopic (exact) mass is 313 g/mol. The average Bonchev–Trinajstić information content (AvgIpc) is 2.34. The molecule has 0 aliphatic carbocycles. The molecule has 20 heavy (non-hydrogen) atoms. The molecule has 0 heterocycles. The fourth-order valence-corrected chi connectivity index (χ4v) is 2.96. The molecule has 1 rings (SSSR count). The van der Waals surface area contributed by atoms with Crippen LogP contribution >= 0.6 is 0 Å². The summed E-state index contributed by atoms with van der Waals surface area (Å²) in [6.45, 7) is 1.31. The summed E-state index contributed by atoms with van der Waals surface area (Å²) in [6.07, 6.45) is -4.83. The number of likely N-dealkylation sites (N-methyl/N-ethyl adjacent to an activating group) is 1. The number of sulfonamides is 1. The third-order valence-electron chi connectivity index (χ3n) is 2.40. The summed E-state index contributed by atoms with van der Waals surface area (Å²) in [4.78, 5) is -0.165. The fraction of sp³-hybridized carbons (Fsp3) is 0.455. The van der Waals surface area contributed by atoms with E-state index in [-0.39, 0.29) is 24.6 Å². The Balaban J connectivity index is 2.97. The number of hydrogen-bond acceptors (Lipinski definition) is 4. The second-order valence-corrected chi connectivity index (χ2v) is 5.68. The van der Waals surface area contributed by atoms with Gasteiger partial charge in [-0.2, -0.15) is 4.31 Å². The lowest BCUT2D eigenvalue weighted by atomic mass is 10.3. The molecule has 1 aromatic rings. The van der Waals surface area contributed by atoms with Gasteiger partial charge in [-0.05, 0) is 24.3 Å². The van der Waals surface area contributed by atoms with Gasteiger partial charge in [0.1, 0.15) is 5.75 Å². The quantitative estimate of drug-likeness (QED) is 0.866. The smallest absolute Gasteiger partial charge is 0.406 e. The van der Waals surface area contributed by atoms with E-state index < -0.39 is 22.1 Å². The van der Waals surface area contributed by atoms with Crippen molar-refractivity contribution in [2.24, 2.45) is 0 Å². The van der Waals surface area contributed by atoms with Gasteiger partial charge in [0.05, 0.1) is 11.5 Å². The van der Waals surface area contributed by atoms with Crippen LogP contribution in [-0.2, 0) is 10.0 Å². The average molecular weight is 313 g/mol. The molecule has 114 valence electrons. The maximum absolute atomic E-state index is 12.1. The number of benzene rings is 1. The summed E-state index contributed by atoms with van der Waals surface area (Å²) in [5.74, 6) is -0.498. The van der Waals surface area contributed by atoms with E-state index in [1.165, 1.54) is 0 Å². The molecule has 0 aromatic heterocycles. The fourth-order valence-electron chi connectivity index (χ4n) is 1.52. The second kappa shape index (κ2) is 6.42. The van der Waals surface area contributed by atoms with Gasteiger partial charge >= 0.3 is 6.36 Å². The standard InChI is InChI=1S/C11H14F3NO4S/c1-2-15(7-8-16)20(17,18)10-5-3-9(4-6-10)19-11(12,13)14/h3-6,16H,2,7-8H2,1H3. The van der Waals surface area contributed by atoms with Crippen molar-refractivity contribution < 1.29 is 31.4 Å². The third kappa shape index (κ3) is 4.36.